The van der Waals surface area contributed by atoms with Crippen LogP contribution in [0, 0.1) is 0 Å². The van der Waals surface area contributed by atoms with Crippen molar-refractivity contribution in [1.29, 1.82) is 0 Å². The van der Waals surface area contributed by atoms with E-state index in [2.05, 4.69) is 23.6 Å². The Morgan fingerprint density at radius 1 is 1.07 bits per heavy atom. The van der Waals surface area contributed by atoms with Crippen LogP contribution in [0.2, 0.25) is 0 Å². The lowest BCUT2D eigenvalue weighted by molar-refractivity contribution is -0.204. The van der Waals surface area contributed by atoms with Gasteiger partial charge in [-0.1, -0.05) is 19.3 Å². The molecule has 1 spiro atoms. The number of likely N-dealkylation sites (tertiary alicyclic amines) is 2. The van der Waals surface area contributed by atoms with Crippen LogP contribution in [0.25, 0.3) is 0 Å². The average molecular weight is 382 g/mol. The number of carbonyl (C=O) groups is 1. The Labute approximate surface area is 165 Å². The van der Waals surface area contributed by atoms with Crippen molar-refractivity contribution in [2.24, 2.45) is 0 Å². The van der Waals surface area contributed by atoms with Crippen LogP contribution in [0.1, 0.15) is 58.8 Å². The van der Waals surface area contributed by atoms with E-state index >= 15 is 0 Å². The number of methoxy groups -OCH3 is 1. The van der Waals surface area contributed by atoms with Gasteiger partial charge in [-0.3, -0.25) is 4.90 Å². The highest BCUT2D eigenvalue weighted by Crippen LogP contribution is 2.47. The first-order valence-corrected chi connectivity index (χ1v) is 11.1. The number of nitrogens with zero attached hydrogens (tertiary/aromatic N) is 3. The molecule has 0 radical (unpaired) electrons. The molecule has 3 rings (SSSR count). The molecule has 0 aromatic carbocycles. The second kappa shape index (κ2) is 9.57. The van der Waals surface area contributed by atoms with E-state index in [9.17, 15) is 4.79 Å². The summed E-state index contributed by atoms with van der Waals surface area (Å²) in [5, 5.41) is 0. The molecule has 27 heavy (non-hydrogen) atoms. The largest absolute Gasteiger partial charge is 0.382 e. The standard InChI is InChI=1S/C21H39N3O3/c1-4-22(5-2)20(25)23-13-9-18(10-14-23)24-17-19(27-16-15-26-3)21(24)11-7-6-8-12-21/h18-19H,4-17H2,1-3H3. The first-order chi connectivity index (χ1) is 13.2. The minimum absolute atomic E-state index is 0.218. The lowest BCUT2D eigenvalue weighted by Crippen LogP contribution is -2.75. The molecule has 1 aliphatic carbocycles. The number of hydrogen-bond acceptors (Lipinski definition) is 4. The molecule has 0 bridgehead atoms. The molecule has 3 fully saturated rings. The second-order valence-electron chi connectivity index (χ2n) is 8.34. The zero-order chi connectivity index (χ0) is 19.3. The van der Waals surface area contributed by atoms with Crippen molar-refractivity contribution in [1.82, 2.24) is 14.7 Å². The summed E-state index contributed by atoms with van der Waals surface area (Å²) in [5.74, 6) is 0. The zero-order valence-corrected chi connectivity index (χ0v) is 17.6. The average Bonchev–Trinajstić information content (AvgIpc) is 2.72. The van der Waals surface area contributed by atoms with Gasteiger partial charge in [-0.15, -0.1) is 0 Å². The minimum atomic E-state index is 0.218. The highest BCUT2D eigenvalue weighted by molar-refractivity contribution is 5.74. The van der Waals surface area contributed by atoms with E-state index in [1.54, 1.807) is 7.11 Å². The molecule has 0 aromatic rings. The van der Waals surface area contributed by atoms with Crippen LogP contribution in [0.4, 0.5) is 4.79 Å². The molecule has 6 heteroatoms. The number of hydrogen-bond donors (Lipinski definition) is 0. The molecule has 1 atom stereocenters. The first kappa shape index (κ1) is 20.9. The fraction of sp³-hybridized carbons (Fsp3) is 0.952. The lowest BCUT2D eigenvalue weighted by Gasteiger charge is -2.63. The van der Waals surface area contributed by atoms with E-state index in [1.807, 2.05) is 4.90 Å². The molecule has 1 unspecified atom stereocenters. The minimum Gasteiger partial charge on any atom is -0.382 e. The Morgan fingerprint density at radius 2 is 1.74 bits per heavy atom. The third-order valence-corrected chi connectivity index (χ3v) is 7.07. The number of urea groups is 1. The van der Waals surface area contributed by atoms with Crippen molar-refractivity contribution in [2.75, 3.05) is 53.0 Å². The fourth-order valence-corrected chi connectivity index (χ4v) is 5.43. The van der Waals surface area contributed by atoms with Gasteiger partial charge in [-0.2, -0.15) is 0 Å². The monoisotopic (exact) mass is 381 g/mol. The van der Waals surface area contributed by atoms with Gasteiger partial charge in [0.2, 0.25) is 0 Å². The van der Waals surface area contributed by atoms with Gasteiger partial charge in [-0.05, 0) is 39.5 Å². The van der Waals surface area contributed by atoms with E-state index in [1.165, 1.54) is 32.1 Å². The van der Waals surface area contributed by atoms with Gasteiger partial charge in [0.05, 0.1) is 19.3 Å². The number of ether oxygens (including phenoxy) is 2. The summed E-state index contributed by atoms with van der Waals surface area (Å²) in [7, 11) is 1.74. The Bertz CT molecular complexity index is 469. The fourth-order valence-electron chi connectivity index (χ4n) is 5.43. The van der Waals surface area contributed by atoms with E-state index in [0.29, 0.717) is 25.4 Å². The van der Waals surface area contributed by atoms with Gasteiger partial charge < -0.3 is 19.3 Å². The number of carbonyl (C=O) groups excluding carboxylic acids is 1. The third kappa shape index (κ3) is 4.28. The predicted octanol–water partition coefficient (Wildman–Crippen LogP) is 2.96. The Morgan fingerprint density at radius 3 is 2.33 bits per heavy atom. The van der Waals surface area contributed by atoms with E-state index in [4.69, 9.17) is 9.47 Å². The van der Waals surface area contributed by atoms with Gasteiger partial charge in [0, 0.05) is 51.4 Å². The van der Waals surface area contributed by atoms with Gasteiger partial charge in [0.1, 0.15) is 0 Å². The molecule has 1 saturated carbocycles. The van der Waals surface area contributed by atoms with Crippen LogP contribution in [0.3, 0.4) is 0 Å². The highest BCUT2D eigenvalue weighted by Gasteiger charge is 2.56. The van der Waals surface area contributed by atoms with Gasteiger partial charge >= 0.3 is 6.03 Å². The molecular formula is C21H39N3O3. The third-order valence-electron chi connectivity index (χ3n) is 7.07. The molecule has 2 saturated heterocycles. The van der Waals surface area contributed by atoms with E-state index in [-0.39, 0.29) is 11.6 Å². The maximum Gasteiger partial charge on any atom is 0.319 e. The van der Waals surface area contributed by atoms with Crippen molar-refractivity contribution >= 4 is 6.03 Å². The molecule has 0 N–H and O–H groups in total. The number of piperidine rings is 1. The molecule has 2 heterocycles. The summed E-state index contributed by atoms with van der Waals surface area (Å²) in [6, 6.07) is 0.821. The molecule has 6 nitrogen and oxygen atoms in total. The summed E-state index contributed by atoms with van der Waals surface area (Å²) in [4.78, 5) is 19.4. The topological polar surface area (TPSA) is 45.3 Å². The smallest absolute Gasteiger partial charge is 0.319 e. The normalized spacial score (nSPS) is 26.2. The highest BCUT2D eigenvalue weighted by atomic mass is 16.5. The van der Waals surface area contributed by atoms with E-state index < -0.39 is 0 Å². The summed E-state index contributed by atoms with van der Waals surface area (Å²) in [6.45, 7) is 9.93. The molecule has 2 aliphatic heterocycles. The van der Waals surface area contributed by atoms with Crippen LogP contribution in [-0.4, -0.2) is 91.5 Å². The molecular weight excluding hydrogens is 342 g/mol. The van der Waals surface area contributed by atoms with Crippen LogP contribution in [0.5, 0.6) is 0 Å². The van der Waals surface area contributed by atoms with Crippen LogP contribution in [-0.2, 0) is 9.47 Å². The maximum absolute atomic E-state index is 12.6. The Hall–Kier alpha value is -0.850. The summed E-state index contributed by atoms with van der Waals surface area (Å²) in [6.07, 6.45) is 9.09. The Kier molecular flexibility index (Phi) is 7.40. The first-order valence-electron chi connectivity index (χ1n) is 11.1. The SMILES string of the molecule is CCN(CC)C(=O)N1CCC(N2CC(OCCOC)C23CCCCC3)CC1. The molecule has 3 aliphatic rings. The van der Waals surface area contributed by atoms with Gasteiger partial charge in [0.25, 0.3) is 0 Å². The van der Waals surface area contributed by atoms with Crippen molar-refractivity contribution in [3.8, 4) is 0 Å². The lowest BCUT2D eigenvalue weighted by atomic mass is 9.69. The van der Waals surface area contributed by atoms with Gasteiger partial charge in [-0.25, -0.2) is 4.79 Å². The van der Waals surface area contributed by atoms with E-state index in [0.717, 1.165) is 45.6 Å². The van der Waals surface area contributed by atoms with Crippen molar-refractivity contribution < 1.29 is 14.3 Å². The number of amides is 2. The zero-order valence-electron chi connectivity index (χ0n) is 17.6. The van der Waals surface area contributed by atoms with Crippen LogP contribution < -0.4 is 0 Å². The number of rotatable bonds is 7. The van der Waals surface area contributed by atoms with Crippen molar-refractivity contribution in [3.05, 3.63) is 0 Å². The molecule has 0 aromatic heterocycles. The van der Waals surface area contributed by atoms with Crippen LogP contribution in [0.15, 0.2) is 0 Å². The van der Waals surface area contributed by atoms with Crippen molar-refractivity contribution in [2.45, 2.75) is 76.5 Å². The summed E-state index contributed by atoms with van der Waals surface area (Å²) < 4.78 is 11.4. The second-order valence-corrected chi connectivity index (χ2v) is 8.34. The predicted molar refractivity (Wildman–Crippen MR) is 107 cm³/mol. The Balaban J connectivity index is 1.56. The van der Waals surface area contributed by atoms with Crippen LogP contribution >= 0.6 is 0 Å². The van der Waals surface area contributed by atoms with Gasteiger partial charge in [0.15, 0.2) is 0 Å². The molecule has 2 amide bonds. The quantitative estimate of drug-likeness (QED) is 0.636. The summed E-state index contributed by atoms with van der Waals surface area (Å²) in [5.41, 5.74) is 0.252. The molecule has 156 valence electrons. The summed E-state index contributed by atoms with van der Waals surface area (Å²) >= 11 is 0. The maximum atomic E-state index is 12.6. The van der Waals surface area contributed by atoms with Crippen molar-refractivity contribution in [3.63, 3.8) is 0 Å².